The van der Waals surface area contributed by atoms with Crippen LogP contribution in [0.15, 0.2) is 84.1 Å². The van der Waals surface area contributed by atoms with Gasteiger partial charge < -0.3 is 0 Å². The van der Waals surface area contributed by atoms with Gasteiger partial charge in [-0.15, -0.1) is 0 Å². The number of hydrogen-bond donors (Lipinski definition) is 1. The van der Waals surface area contributed by atoms with Gasteiger partial charge in [0.15, 0.2) is 0 Å². The monoisotopic (exact) mass is 329 g/mol. The molecule has 0 amide bonds. The third-order valence-corrected chi connectivity index (χ3v) is 4.00. The van der Waals surface area contributed by atoms with Crippen LogP contribution in [0.25, 0.3) is 0 Å². The maximum Gasteiger partial charge on any atom is 0.116 e. The van der Waals surface area contributed by atoms with E-state index < -0.39 is 0 Å². The van der Waals surface area contributed by atoms with E-state index in [1.807, 2.05) is 48.5 Å². The molecule has 126 valence electrons. The van der Waals surface area contributed by atoms with Gasteiger partial charge in [-0.2, -0.15) is 5.10 Å². The number of hydrogen-bond acceptors (Lipinski definition) is 3. The lowest BCUT2D eigenvalue weighted by molar-refractivity contribution is 0.590. The van der Waals surface area contributed by atoms with Crippen molar-refractivity contribution < 1.29 is 0 Å². The second-order valence-electron chi connectivity index (χ2n) is 6.98. The minimum absolute atomic E-state index is 0.144. The van der Waals surface area contributed by atoms with Gasteiger partial charge >= 0.3 is 0 Å². The van der Waals surface area contributed by atoms with Crippen LogP contribution in [0.1, 0.15) is 37.6 Å². The molecule has 25 heavy (non-hydrogen) atoms. The third kappa shape index (κ3) is 4.32. The Balaban J connectivity index is 1.89. The van der Waals surface area contributed by atoms with E-state index in [1.165, 1.54) is 5.56 Å². The third-order valence-electron chi connectivity index (χ3n) is 4.00. The first kappa shape index (κ1) is 16.9. The Morgan fingerprint density at radius 3 is 2.12 bits per heavy atom. The minimum atomic E-state index is 0.144. The summed E-state index contributed by atoms with van der Waals surface area (Å²) in [4.78, 5) is 4.44. The Labute approximate surface area is 149 Å². The number of nitrogens with zero attached hydrogens (tertiary/aromatic N) is 2. The van der Waals surface area contributed by atoms with E-state index in [4.69, 9.17) is 0 Å². The number of hydrazone groups is 1. The molecule has 0 spiro atoms. The maximum absolute atomic E-state index is 4.63. The number of rotatable bonds is 4. The zero-order valence-corrected chi connectivity index (χ0v) is 14.9. The summed E-state index contributed by atoms with van der Waals surface area (Å²) in [7, 11) is 0. The highest BCUT2D eigenvalue weighted by Gasteiger charge is 2.13. The number of aromatic nitrogens is 1. The molecule has 0 aliphatic heterocycles. The van der Waals surface area contributed by atoms with E-state index in [0.717, 1.165) is 22.7 Å². The van der Waals surface area contributed by atoms with Crippen molar-refractivity contribution in [2.75, 3.05) is 5.43 Å². The van der Waals surface area contributed by atoms with Gasteiger partial charge in [-0.25, -0.2) is 0 Å². The average molecular weight is 329 g/mol. The molecule has 0 aliphatic rings. The molecule has 0 fully saturated rings. The van der Waals surface area contributed by atoms with Crippen LogP contribution in [0.4, 0.5) is 5.69 Å². The summed E-state index contributed by atoms with van der Waals surface area (Å²) in [5, 5.41) is 4.63. The standard InChI is InChI=1S/C22H23N3/c1-22(2,3)18-12-14-19(15-13-18)24-25-21(17-9-5-4-6-10-17)20-11-7-8-16-23-20/h4-16,24H,1-3H3/b25-21-. The summed E-state index contributed by atoms with van der Waals surface area (Å²) in [5.74, 6) is 0. The molecule has 3 nitrogen and oxygen atoms in total. The lowest BCUT2D eigenvalue weighted by Crippen LogP contribution is -2.11. The van der Waals surface area contributed by atoms with Crippen molar-refractivity contribution >= 4 is 11.4 Å². The predicted molar refractivity (Wildman–Crippen MR) is 105 cm³/mol. The van der Waals surface area contributed by atoms with Crippen LogP contribution in [0.5, 0.6) is 0 Å². The normalized spacial score (nSPS) is 12.0. The van der Waals surface area contributed by atoms with Crippen molar-refractivity contribution in [3.8, 4) is 0 Å². The minimum Gasteiger partial charge on any atom is -0.278 e. The fraction of sp³-hybridized carbons (Fsp3) is 0.182. The van der Waals surface area contributed by atoms with Crippen molar-refractivity contribution in [1.29, 1.82) is 0 Å². The molecule has 0 saturated carbocycles. The molecular weight excluding hydrogens is 306 g/mol. The first-order valence-electron chi connectivity index (χ1n) is 8.45. The van der Waals surface area contributed by atoms with Gasteiger partial charge in [-0.1, -0.05) is 69.3 Å². The Morgan fingerprint density at radius 1 is 0.840 bits per heavy atom. The molecule has 3 heteroatoms. The van der Waals surface area contributed by atoms with Gasteiger partial charge in [0, 0.05) is 11.8 Å². The Morgan fingerprint density at radius 2 is 1.52 bits per heavy atom. The summed E-state index contributed by atoms with van der Waals surface area (Å²) in [6.07, 6.45) is 1.78. The summed E-state index contributed by atoms with van der Waals surface area (Å²) in [5.41, 5.74) is 8.26. The van der Waals surface area contributed by atoms with Gasteiger partial charge in [0.25, 0.3) is 0 Å². The molecule has 2 aromatic carbocycles. The lowest BCUT2D eigenvalue weighted by atomic mass is 9.87. The number of anilines is 1. The molecule has 0 bridgehead atoms. The first-order valence-corrected chi connectivity index (χ1v) is 8.45. The van der Waals surface area contributed by atoms with Crippen molar-refractivity contribution in [2.45, 2.75) is 26.2 Å². The predicted octanol–water partition coefficient (Wildman–Crippen LogP) is 5.24. The van der Waals surface area contributed by atoms with Gasteiger partial charge in [-0.3, -0.25) is 10.4 Å². The largest absolute Gasteiger partial charge is 0.278 e. The maximum atomic E-state index is 4.63. The fourth-order valence-electron chi connectivity index (χ4n) is 2.53. The number of nitrogens with one attached hydrogen (secondary N) is 1. The zero-order valence-electron chi connectivity index (χ0n) is 14.9. The Hall–Kier alpha value is -2.94. The van der Waals surface area contributed by atoms with Crippen LogP contribution in [0, 0.1) is 0 Å². The van der Waals surface area contributed by atoms with Gasteiger partial charge in [0.2, 0.25) is 0 Å². The van der Waals surface area contributed by atoms with Crippen LogP contribution in [-0.4, -0.2) is 10.7 Å². The molecule has 0 unspecified atom stereocenters. The Kier molecular flexibility index (Phi) is 4.94. The quantitative estimate of drug-likeness (QED) is 0.525. The molecule has 3 aromatic rings. The van der Waals surface area contributed by atoms with Crippen LogP contribution in [0.3, 0.4) is 0 Å². The van der Waals surface area contributed by atoms with Gasteiger partial charge in [-0.05, 0) is 35.2 Å². The second-order valence-corrected chi connectivity index (χ2v) is 6.98. The highest BCUT2D eigenvalue weighted by atomic mass is 15.3. The number of pyridine rings is 1. The van der Waals surface area contributed by atoms with Crippen molar-refractivity contribution in [3.63, 3.8) is 0 Å². The van der Waals surface area contributed by atoms with E-state index in [2.05, 4.69) is 60.5 Å². The molecule has 1 N–H and O–H groups in total. The SMILES string of the molecule is CC(C)(C)c1ccc(N/N=C(/c2ccccc2)c2ccccn2)cc1. The van der Waals surface area contributed by atoms with E-state index in [1.54, 1.807) is 6.20 Å². The van der Waals surface area contributed by atoms with E-state index in [0.29, 0.717) is 0 Å². The molecule has 0 saturated heterocycles. The zero-order chi connectivity index (χ0) is 17.7. The van der Waals surface area contributed by atoms with Crippen molar-refractivity contribution in [1.82, 2.24) is 4.98 Å². The van der Waals surface area contributed by atoms with E-state index >= 15 is 0 Å². The van der Waals surface area contributed by atoms with Crippen LogP contribution in [0.2, 0.25) is 0 Å². The molecule has 1 aromatic heterocycles. The van der Waals surface area contributed by atoms with Crippen LogP contribution >= 0.6 is 0 Å². The van der Waals surface area contributed by atoms with Gasteiger partial charge in [0.05, 0.1) is 11.4 Å². The van der Waals surface area contributed by atoms with Gasteiger partial charge in [0.1, 0.15) is 5.71 Å². The fourth-order valence-corrected chi connectivity index (χ4v) is 2.53. The van der Waals surface area contributed by atoms with E-state index in [-0.39, 0.29) is 5.41 Å². The molecule has 0 aliphatic carbocycles. The highest BCUT2D eigenvalue weighted by molar-refractivity contribution is 6.11. The smallest absolute Gasteiger partial charge is 0.116 e. The topological polar surface area (TPSA) is 37.3 Å². The number of benzene rings is 2. The van der Waals surface area contributed by atoms with Crippen LogP contribution in [-0.2, 0) is 5.41 Å². The molecular formula is C22H23N3. The Bertz CT molecular complexity index is 788. The summed E-state index contributed by atoms with van der Waals surface area (Å²) < 4.78 is 0. The highest BCUT2D eigenvalue weighted by Crippen LogP contribution is 2.23. The van der Waals surface area contributed by atoms with Crippen molar-refractivity contribution in [3.05, 3.63) is 95.8 Å². The van der Waals surface area contributed by atoms with Crippen LogP contribution < -0.4 is 5.43 Å². The van der Waals surface area contributed by atoms with E-state index in [9.17, 15) is 0 Å². The summed E-state index contributed by atoms with van der Waals surface area (Å²) in [6, 6.07) is 24.3. The molecule has 0 radical (unpaired) electrons. The summed E-state index contributed by atoms with van der Waals surface area (Å²) in [6.45, 7) is 6.63. The average Bonchev–Trinajstić information content (AvgIpc) is 2.63. The molecule has 0 atom stereocenters. The second kappa shape index (κ2) is 7.31. The first-order chi connectivity index (χ1) is 12.0. The molecule has 1 heterocycles. The van der Waals surface area contributed by atoms with Crippen molar-refractivity contribution in [2.24, 2.45) is 5.10 Å². The summed E-state index contributed by atoms with van der Waals surface area (Å²) >= 11 is 0. The lowest BCUT2D eigenvalue weighted by Gasteiger charge is -2.19. The molecule has 3 rings (SSSR count).